The number of benzene rings is 1. The highest BCUT2D eigenvalue weighted by Gasteiger charge is 2.10. The van der Waals surface area contributed by atoms with Crippen molar-refractivity contribution >= 4 is 22.8 Å². The number of nitrogens with zero attached hydrogens (tertiary/aromatic N) is 3. The van der Waals surface area contributed by atoms with Crippen molar-refractivity contribution in [3.05, 3.63) is 35.5 Å². The summed E-state index contributed by atoms with van der Waals surface area (Å²) in [6, 6.07) is 9.44. The van der Waals surface area contributed by atoms with E-state index in [4.69, 9.17) is 5.73 Å². The Hall–Kier alpha value is -2.78. The summed E-state index contributed by atoms with van der Waals surface area (Å²) in [5.74, 6) is 0.289. The van der Waals surface area contributed by atoms with Gasteiger partial charge in [-0.05, 0) is 31.3 Å². The molecule has 4 N–H and O–H groups in total. The molecule has 0 radical (unpaired) electrons. The van der Waals surface area contributed by atoms with Crippen molar-refractivity contribution in [2.45, 2.75) is 13.8 Å². The lowest BCUT2D eigenvalue weighted by molar-refractivity contribution is 0.313. The summed E-state index contributed by atoms with van der Waals surface area (Å²) in [6.07, 6.45) is 1.53. The number of aromatic hydroxyl groups is 1. The van der Waals surface area contributed by atoms with E-state index in [1.807, 2.05) is 30.3 Å². The molecule has 2 rings (SSSR count). The molecule has 1 aromatic carbocycles. The number of amidine groups is 1. The second-order valence-corrected chi connectivity index (χ2v) is 5.40. The van der Waals surface area contributed by atoms with Crippen LogP contribution in [0.25, 0.3) is 17.0 Å². The number of hydrogen-bond acceptors (Lipinski definition) is 4. The zero-order chi connectivity index (χ0) is 17.5. The van der Waals surface area contributed by atoms with Crippen LogP contribution in [0, 0.1) is 11.3 Å². The van der Waals surface area contributed by atoms with Gasteiger partial charge in [-0.2, -0.15) is 5.26 Å². The zero-order valence-corrected chi connectivity index (χ0v) is 14.1. The van der Waals surface area contributed by atoms with Crippen LogP contribution in [0.3, 0.4) is 0 Å². The molecule has 1 heterocycles. The normalized spacial score (nSPS) is 12.8. The third-order valence-electron chi connectivity index (χ3n) is 3.98. The van der Waals surface area contributed by atoms with Crippen molar-refractivity contribution in [2.24, 2.45) is 10.7 Å². The highest BCUT2D eigenvalue weighted by molar-refractivity contribution is 6.05. The van der Waals surface area contributed by atoms with Gasteiger partial charge in [-0.3, -0.25) is 4.99 Å². The molecule has 0 aliphatic rings. The van der Waals surface area contributed by atoms with Gasteiger partial charge in [0, 0.05) is 17.4 Å². The molecule has 0 atom stereocenters. The topological polar surface area (TPSA) is 101 Å². The third-order valence-corrected chi connectivity index (χ3v) is 3.98. The maximum atomic E-state index is 10.3. The maximum Gasteiger partial charge on any atom is 0.148 e. The number of nitrogens with one attached hydrogen (secondary N) is 1. The number of likely N-dealkylation sites (N-methyl/N-ethyl adjacent to an activating group) is 1. The van der Waals surface area contributed by atoms with Crippen LogP contribution < -0.4 is 5.73 Å². The Kier molecular flexibility index (Phi) is 5.99. The molecular weight excluding hydrogens is 302 g/mol. The lowest BCUT2D eigenvalue weighted by Crippen LogP contribution is -2.26. The minimum atomic E-state index is 0.106. The Balaban J connectivity index is 2.21. The second-order valence-electron chi connectivity index (χ2n) is 5.40. The summed E-state index contributed by atoms with van der Waals surface area (Å²) in [5.41, 5.74) is 7.42. The smallest absolute Gasteiger partial charge is 0.148 e. The molecule has 6 nitrogen and oxygen atoms in total. The fourth-order valence-electron chi connectivity index (χ4n) is 2.50. The van der Waals surface area contributed by atoms with Crippen LogP contribution in [0.1, 0.15) is 19.5 Å². The molecule has 0 unspecified atom stereocenters. The van der Waals surface area contributed by atoms with E-state index < -0.39 is 0 Å². The number of rotatable bonds is 7. The quantitative estimate of drug-likeness (QED) is 0.413. The summed E-state index contributed by atoms with van der Waals surface area (Å²) >= 11 is 0. The number of nitriles is 1. The Bertz CT molecular complexity index is 793. The van der Waals surface area contributed by atoms with Crippen LogP contribution in [0.4, 0.5) is 0 Å². The van der Waals surface area contributed by atoms with Crippen molar-refractivity contribution in [1.29, 1.82) is 5.26 Å². The lowest BCUT2D eigenvalue weighted by atomic mass is 10.2. The molecule has 0 saturated heterocycles. The number of H-pyrrole nitrogens is 1. The number of nitrogens with two attached hydrogens (primary N) is 1. The summed E-state index contributed by atoms with van der Waals surface area (Å²) in [7, 11) is 0. The van der Waals surface area contributed by atoms with Crippen molar-refractivity contribution in [3.63, 3.8) is 0 Å². The fourth-order valence-corrected chi connectivity index (χ4v) is 2.50. The van der Waals surface area contributed by atoms with E-state index in [2.05, 4.69) is 28.7 Å². The molecule has 0 amide bonds. The lowest BCUT2D eigenvalue weighted by Gasteiger charge is -2.16. The minimum absolute atomic E-state index is 0.106. The molecule has 0 aliphatic carbocycles. The Morgan fingerprint density at radius 2 is 2.08 bits per heavy atom. The number of aliphatic imine (C=N–C) groups is 1. The first-order valence-electron chi connectivity index (χ1n) is 8.04. The van der Waals surface area contributed by atoms with Gasteiger partial charge in [-0.15, -0.1) is 0 Å². The zero-order valence-electron chi connectivity index (χ0n) is 14.1. The van der Waals surface area contributed by atoms with Crippen molar-refractivity contribution in [2.75, 3.05) is 26.2 Å². The summed E-state index contributed by atoms with van der Waals surface area (Å²) < 4.78 is 0. The van der Waals surface area contributed by atoms with Crippen molar-refractivity contribution in [1.82, 2.24) is 9.88 Å². The Labute approximate surface area is 141 Å². The Morgan fingerprint density at radius 3 is 2.71 bits per heavy atom. The van der Waals surface area contributed by atoms with E-state index in [0.29, 0.717) is 17.6 Å². The number of aromatic nitrogens is 1. The first-order valence-corrected chi connectivity index (χ1v) is 8.04. The van der Waals surface area contributed by atoms with Crippen LogP contribution in [0.5, 0.6) is 5.75 Å². The number of aromatic amines is 1. The molecule has 0 spiro atoms. The highest BCUT2D eigenvalue weighted by Crippen LogP contribution is 2.29. The second kappa shape index (κ2) is 8.18. The van der Waals surface area contributed by atoms with Crippen molar-refractivity contribution in [3.8, 4) is 11.8 Å². The molecule has 24 heavy (non-hydrogen) atoms. The predicted octanol–water partition coefficient (Wildman–Crippen LogP) is 2.48. The SMILES string of the molecule is CCN(CC)CCN=C(N)C(C#N)=Cc1[nH]c2ccccc2c1O. The van der Waals surface area contributed by atoms with Gasteiger partial charge < -0.3 is 20.7 Å². The summed E-state index contributed by atoms with van der Waals surface area (Å²) in [6.45, 7) is 7.42. The van der Waals surface area contributed by atoms with E-state index in [9.17, 15) is 10.4 Å². The molecule has 0 saturated carbocycles. The number of para-hydroxylation sites is 1. The largest absolute Gasteiger partial charge is 0.505 e. The molecular formula is C18H23N5O. The monoisotopic (exact) mass is 325 g/mol. The van der Waals surface area contributed by atoms with E-state index in [-0.39, 0.29) is 17.2 Å². The van der Waals surface area contributed by atoms with Crippen LogP contribution in [0.2, 0.25) is 0 Å². The van der Waals surface area contributed by atoms with Crippen molar-refractivity contribution < 1.29 is 5.11 Å². The van der Waals surface area contributed by atoms with Gasteiger partial charge in [0.15, 0.2) is 0 Å². The fraction of sp³-hybridized carbons (Fsp3) is 0.333. The van der Waals surface area contributed by atoms with Gasteiger partial charge in [0.05, 0.1) is 17.8 Å². The molecule has 126 valence electrons. The summed E-state index contributed by atoms with van der Waals surface area (Å²) in [5, 5.41) is 20.3. The van der Waals surface area contributed by atoms with E-state index in [1.165, 1.54) is 6.08 Å². The van der Waals surface area contributed by atoms with Crippen LogP contribution in [0.15, 0.2) is 34.8 Å². The molecule has 0 fully saturated rings. The summed E-state index contributed by atoms with van der Waals surface area (Å²) in [4.78, 5) is 9.59. The predicted molar refractivity (Wildman–Crippen MR) is 97.8 cm³/mol. The first kappa shape index (κ1) is 17.6. The van der Waals surface area contributed by atoms with Gasteiger partial charge in [-0.25, -0.2) is 0 Å². The average molecular weight is 325 g/mol. The third kappa shape index (κ3) is 3.94. The molecule has 0 bridgehead atoms. The first-order chi connectivity index (χ1) is 11.6. The van der Waals surface area contributed by atoms with Gasteiger partial charge in [-0.1, -0.05) is 26.0 Å². The molecule has 0 aliphatic heterocycles. The number of fused-ring (bicyclic) bond motifs is 1. The Morgan fingerprint density at radius 1 is 1.38 bits per heavy atom. The van der Waals surface area contributed by atoms with E-state index in [1.54, 1.807) is 0 Å². The molecule has 1 aromatic heterocycles. The van der Waals surface area contributed by atoms with Crippen LogP contribution in [-0.2, 0) is 0 Å². The molecule has 2 aromatic rings. The maximum absolute atomic E-state index is 10.3. The van der Waals surface area contributed by atoms with E-state index >= 15 is 0 Å². The van der Waals surface area contributed by atoms with Crippen LogP contribution in [-0.4, -0.2) is 47.0 Å². The average Bonchev–Trinajstić information content (AvgIpc) is 2.92. The van der Waals surface area contributed by atoms with Gasteiger partial charge in [0.25, 0.3) is 0 Å². The van der Waals surface area contributed by atoms with Gasteiger partial charge >= 0.3 is 0 Å². The molecule has 6 heteroatoms. The van der Waals surface area contributed by atoms with Crippen LogP contribution >= 0.6 is 0 Å². The standard InChI is InChI=1S/C18H23N5O/c1-3-23(4-2)10-9-21-18(20)13(12-19)11-16-17(24)14-7-5-6-8-15(14)22-16/h5-8,11,22,24H,3-4,9-10H2,1-2H3,(H2,20,21). The van der Waals surface area contributed by atoms with Gasteiger partial charge in [0.2, 0.25) is 0 Å². The van der Waals surface area contributed by atoms with Gasteiger partial charge in [0.1, 0.15) is 17.7 Å². The minimum Gasteiger partial charge on any atom is -0.505 e. The van der Waals surface area contributed by atoms with E-state index in [0.717, 1.165) is 25.2 Å². The number of hydrogen-bond donors (Lipinski definition) is 3. The highest BCUT2D eigenvalue weighted by atomic mass is 16.3.